The summed E-state index contributed by atoms with van der Waals surface area (Å²) >= 11 is 0. The van der Waals surface area contributed by atoms with E-state index < -0.39 is 10.8 Å². The number of hydrogen-bond donors (Lipinski definition) is 1. The predicted molar refractivity (Wildman–Crippen MR) is 75.9 cm³/mol. The molecule has 0 saturated carbocycles. The summed E-state index contributed by atoms with van der Waals surface area (Å²) < 4.78 is 10.9. The summed E-state index contributed by atoms with van der Waals surface area (Å²) in [6, 6.07) is 9.15. The number of nitrogens with one attached hydrogen (secondary N) is 1. The summed E-state index contributed by atoms with van der Waals surface area (Å²) in [5.41, 5.74) is 2.72. The molecule has 17 heavy (non-hydrogen) atoms. The van der Waals surface area contributed by atoms with Crippen LogP contribution >= 0.6 is 0 Å². The molecule has 1 rings (SSSR count). The molecule has 0 aliphatic rings. The molecule has 0 heterocycles. The van der Waals surface area contributed by atoms with Crippen molar-refractivity contribution in [2.45, 2.75) is 32.7 Å². The zero-order chi connectivity index (χ0) is 12.7. The summed E-state index contributed by atoms with van der Waals surface area (Å²) in [7, 11) is -0.687. The van der Waals surface area contributed by atoms with Crippen LogP contribution in [0.3, 0.4) is 0 Å². The Bertz CT molecular complexity index is 365. The first kappa shape index (κ1) is 14.4. The minimum atomic E-state index is -0.687. The lowest BCUT2D eigenvalue weighted by Crippen LogP contribution is -2.30. The van der Waals surface area contributed by atoms with E-state index >= 15 is 0 Å². The van der Waals surface area contributed by atoms with Crippen molar-refractivity contribution in [2.75, 3.05) is 18.6 Å². The molecule has 2 nitrogen and oxygen atoms in total. The first-order chi connectivity index (χ1) is 8.08. The van der Waals surface area contributed by atoms with Gasteiger partial charge in [-0.3, -0.25) is 4.21 Å². The third-order valence-electron chi connectivity index (χ3n) is 2.83. The molecule has 1 N–H and O–H groups in total. The minimum absolute atomic E-state index is 0.485. The van der Waals surface area contributed by atoms with Crippen LogP contribution in [0.1, 0.15) is 24.5 Å². The van der Waals surface area contributed by atoms with Crippen molar-refractivity contribution in [2.24, 2.45) is 0 Å². The highest BCUT2D eigenvalue weighted by Gasteiger charge is 2.02. The van der Waals surface area contributed by atoms with E-state index in [4.69, 9.17) is 0 Å². The lowest BCUT2D eigenvalue weighted by Gasteiger charge is -2.13. The van der Waals surface area contributed by atoms with Gasteiger partial charge in [0.05, 0.1) is 0 Å². The SMILES string of the molecule is Cc1cccc(CCC(C)NCCS(C)=O)c1. The minimum Gasteiger partial charge on any atom is -0.313 e. The van der Waals surface area contributed by atoms with Crippen molar-refractivity contribution in [3.05, 3.63) is 35.4 Å². The standard InChI is InChI=1S/C14H23NOS/c1-12-5-4-6-14(11-12)8-7-13(2)15-9-10-17(3)16/h4-6,11,13,15H,7-10H2,1-3H3. The van der Waals surface area contributed by atoms with Crippen molar-refractivity contribution in [3.63, 3.8) is 0 Å². The number of aryl methyl sites for hydroxylation is 2. The predicted octanol–water partition coefficient (Wildman–Crippen LogP) is 2.28. The molecule has 0 aliphatic heterocycles. The molecule has 0 aliphatic carbocycles. The van der Waals surface area contributed by atoms with Crippen LogP contribution in [-0.4, -0.2) is 28.8 Å². The molecule has 0 radical (unpaired) electrons. The Morgan fingerprint density at radius 1 is 1.41 bits per heavy atom. The van der Waals surface area contributed by atoms with Crippen LogP contribution in [0.4, 0.5) is 0 Å². The average molecular weight is 253 g/mol. The van der Waals surface area contributed by atoms with Crippen LogP contribution in [-0.2, 0) is 17.2 Å². The van der Waals surface area contributed by atoms with Crippen LogP contribution in [0, 0.1) is 6.92 Å². The number of rotatable bonds is 7. The van der Waals surface area contributed by atoms with Gasteiger partial charge in [0.15, 0.2) is 0 Å². The van der Waals surface area contributed by atoms with Gasteiger partial charge in [0.25, 0.3) is 0 Å². The summed E-state index contributed by atoms with van der Waals surface area (Å²) in [5.74, 6) is 0.745. The van der Waals surface area contributed by atoms with Gasteiger partial charge in [-0.1, -0.05) is 29.8 Å². The molecule has 2 unspecified atom stereocenters. The Morgan fingerprint density at radius 2 is 2.18 bits per heavy atom. The monoisotopic (exact) mass is 253 g/mol. The van der Waals surface area contributed by atoms with E-state index in [2.05, 4.69) is 43.4 Å². The topological polar surface area (TPSA) is 29.1 Å². The van der Waals surface area contributed by atoms with E-state index in [1.165, 1.54) is 11.1 Å². The molecule has 0 fully saturated rings. The van der Waals surface area contributed by atoms with E-state index in [1.54, 1.807) is 6.26 Å². The molecular weight excluding hydrogens is 230 g/mol. The molecule has 0 saturated heterocycles. The normalized spacial score (nSPS) is 14.5. The van der Waals surface area contributed by atoms with Gasteiger partial charge in [-0.15, -0.1) is 0 Å². The van der Waals surface area contributed by atoms with E-state index in [9.17, 15) is 4.21 Å². The largest absolute Gasteiger partial charge is 0.313 e. The highest BCUT2D eigenvalue weighted by Crippen LogP contribution is 2.07. The molecule has 1 aromatic carbocycles. The van der Waals surface area contributed by atoms with E-state index in [0.717, 1.165) is 25.1 Å². The third kappa shape index (κ3) is 6.59. The summed E-state index contributed by atoms with van der Waals surface area (Å²) in [5, 5.41) is 3.41. The molecule has 0 aromatic heterocycles. The quantitative estimate of drug-likeness (QED) is 0.808. The summed E-state index contributed by atoms with van der Waals surface area (Å²) in [6.45, 7) is 5.16. The Morgan fingerprint density at radius 3 is 2.82 bits per heavy atom. The van der Waals surface area contributed by atoms with Gasteiger partial charge in [0.1, 0.15) is 0 Å². The van der Waals surface area contributed by atoms with Gasteiger partial charge in [0, 0.05) is 35.4 Å². The fourth-order valence-corrected chi connectivity index (χ4v) is 2.21. The fraction of sp³-hybridized carbons (Fsp3) is 0.571. The molecule has 0 bridgehead atoms. The summed E-state index contributed by atoms with van der Waals surface area (Å²) in [6.07, 6.45) is 3.98. The van der Waals surface area contributed by atoms with Crippen molar-refractivity contribution in [3.8, 4) is 0 Å². The zero-order valence-corrected chi connectivity index (χ0v) is 11.8. The van der Waals surface area contributed by atoms with Crippen molar-refractivity contribution in [1.29, 1.82) is 0 Å². The van der Waals surface area contributed by atoms with E-state index in [-0.39, 0.29) is 0 Å². The lowest BCUT2D eigenvalue weighted by atomic mass is 10.0. The van der Waals surface area contributed by atoms with Crippen LogP contribution in [0.25, 0.3) is 0 Å². The smallest absolute Gasteiger partial charge is 0.0357 e. The van der Waals surface area contributed by atoms with Gasteiger partial charge in [-0.25, -0.2) is 0 Å². The Hall–Kier alpha value is -0.670. The van der Waals surface area contributed by atoms with E-state index in [1.807, 2.05) is 0 Å². The maximum atomic E-state index is 10.9. The van der Waals surface area contributed by atoms with Crippen LogP contribution in [0.5, 0.6) is 0 Å². The molecule has 0 spiro atoms. The molecular formula is C14H23NOS. The Balaban J connectivity index is 2.23. The fourth-order valence-electron chi connectivity index (χ4n) is 1.80. The molecule has 3 heteroatoms. The molecule has 96 valence electrons. The van der Waals surface area contributed by atoms with Gasteiger partial charge in [0.2, 0.25) is 0 Å². The molecule has 2 atom stereocenters. The van der Waals surface area contributed by atoms with Crippen LogP contribution < -0.4 is 5.32 Å². The Labute approximate surface area is 107 Å². The van der Waals surface area contributed by atoms with Crippen LogP contribution in [0.2, 0.25) is 0 Å². The maximum Gasteiger partial charge on any atom is 0.0357 e. The molecule has 0 amide bonds. The first-order valence-electron chi connectivity index (χ1n) is 6.17. The van der Waals surface area contributed by atoms with E-state index in [0.29, 0.717) is 6.04 Å². The highest BCUT2D eigenvalue weighted by atomic mass is 32.2. The number of hydrogen-bond acceptors (Lipinski definition) is 2. The zero-order valence-electron chi connectivity index (χ0n) is 11.0. The Kier molecular flexibility index (Phi) is 6.45. The average Bonchev–Trinajstić information content (AvgIpc) is 2.26. The first-order valence-corrected chi connectivity index (χ1v) is 7.89. The van der Waals surface area contributed by atoms with Crippen molar-refractivity contribution < 1.29 is 4.21 Å². The van der Waals surface area contributed by atoms with Gasteiger partial charge < -0.3 is 5.32 Å². The maximum absolute atomic E-state index is 10.9. The van der Waals surface area contributed by atoms with Crippen molar-refractivity contribution in [1.82, 2.24) is 5.32 Å². The number of benzene rings is 1. The van der Waals surface area contributed by atoms with Crippen molar-refractivity contribution >= 4 is 10.8 Å². The third-order valence-corrected chi connectivity index (χ3v) is 3.61. The molecule has 1 aromatic rings. The second kappa shape index (κ2) is 7.62. The lowest BCUT2D eigenvalue weighted by molar-refractivity contribution is 0.531. The second-order valence-corrected chi connectivity index (χ2v) is 6.21. The summed E-state index contributed by atoms with van der Waals surface area (Å²) in [4.78, 5) is 0. The second-order valence-electron chi connectivity index (χ2n) is 4.66. The van der Waals surface area contributed by atoms with Gasteiger partial charge in [-0.2, -0.15) is 0 Å². The van der Waals surface area contributed by atoms with Gasteiger partial charge >= 0.3 is 0 Å². The van der Waals surface area contributed by atoms with Gasteiger partial charge in [-0.05, 0) is 32.3 Å². The van der Waals surface area contributed by atoms with Crippen LogP contribution in [0.15, 0.2) is 24.3 Å². The highest BCUT2D eigenvalue weighted by molar-refractivity contribution is 7.84.